The van der Waals surface area contributed by atoms with Crippen molar-refractivity contribution in [1.29, 1.82) is 0 Å². The molecule has 4 rings (SSSR count). The number of rotatable bonds is 6. The number of likely N-dealkylation sites (tertiary alicyclic amines) is 1. The second kappa shape index (κ2) is 6.90. The van der Waals surface area contributed by atoms with Gasteiger partial charge in [0.15, 0.2) is 0 Å². The molecule has 136 valence electrons. The summed E-state index contributed by atoms with van der Waals surface area (Å²) in [6, 6.07) is 0. The van der Waals surface area contributed by atoms with Crippen molar-refractivity contribution in [2.24, 2.45) is 11.8 Å². The predicted octanol–water partition coefficient (Wildman–Crippen LogP) is 2.36. The molecule has 1 aromatic rings. The average Bonchev–Trinajstić information content (AvgIpc) is 3.37. The number of aryl methyl sites for hydroxylation is 1. The van der Waals surface area contributed by atoms with E-state index in [1.54, 1.807) is 12.4 Å². The largest absolute Gasteiger partial charge is 0.477 e. The summed E-state index contributed by atoms with van der Waals surface area (Å²) in [4.78, 5) is 22.6. The fourth-order valence-electron chi connectivity index (χ4n) is 3.96. The van der Waals surface area contributed by atoms with Gasteiger partial charge < -0.3 is 14.4 Å². The van der Waals surface area contributed by atoms with Crippen LogP contribution in [-0.4, -0.2) is 52.7 Å². The molecule has 1 saturated carbocycles. The molecule has 3 aliphatic rings. The second-order valence-corrected chi connectivity index (χ2v) is 7.92. The summed E-state index contributed by atoms with van der Waals surface area (Å²) in [7, 11) is 0. The van der Waals surface area contributed by atoms with Crippen molar-refractivity contribution in [1.82, 2.24) is 14.9 Å². The third-order valence-corrected chi connectivity index (χ3v) is 5.57. The molecule has 1 atom stereocenters. The number of ether oxygens (including phenoxy) is 2. The van der Waals surface area contributed by atoms with Crippen LogP contribution in [0, 0.1) is 18.8 Å². The summed E-state index contributed by atoms with van der Waals surface area (Å²) in [5.74, 6) is 2.17. The molecule has 0 bridgehead atoms. The molecule has 2 saturated heterocycles. The lowest BCUT2D eigenvalue weighted by atomic mass is 9.79. The summed E-state index contributed by atoms with van der Waals surface area (Å²) >= 11 is 0. The van der Waals surface area contributed by atoms with Crippen LogP contribution < -0.4 is 4.74 Å². The first-order chi connectivity index (χ1) is 12.1. The van der Waals surface area contributed by atoms with Crippen molar-refractivity contribution < 1.29 is 14.3 Å². The molecular weight excluding hydrogens is 318 g/mol. The number of carbonyl (C=O) groups excluding carboxylic acids is 1. The van der Waals surface area contributed by atoms with Gasteiger partial charge in [-0.05, 0) is 50.9 Å². The normalized spacial score (nSPS) is 24.8. The molecule has 0 aromatic carbocycles. The van der Waals surface area contributed by atoms with Crippen LogP contribution in [0.15, 0.2) is 12.4 Å². The number of hydrogen-bond donors (Lipinski definition) is 0. The highest BCUT2D eigenvalue weighted by Gasteiger charge is 2.49. The third kappa shape index (κ3) is 4.11. The first-order valence-corrected chi connectivity index (χ1v) is 9.45. The lowest BCUT2D eigenvalue weighted by Gasteiger charge is -2.53. The van der Waals surface area contributed by atoms with Gasteiger partial charge in [-0.3, -0.25) is 9.78 Å². The van der Waals surface area contributed by atoms with Gasteiger partial charge in [0.2, 0.25) is 11.8 Å². The quantitative estimate of drug-likeness (QED) is 0.792. The Bertz CT molecular complexity index is 626. The molecule has 1 amide bonds. The Morgan fingerprint density at radius 2 is 2.16 bits per heavy atom. The van der Waals surface area contributed by atoms with E-state index in [9.17, 15) is 4.79 Å². The Labute approximate surface area is 148 Å². The molecule has 1 spiro atoms. The van der Waals surface area contributed by atoms with E-state index in [1.165, 1.54) is 12.8 Å². The van der Waals surface area contributed by atoms with Gasteiger partial charge in [0.1, 0.15) is 5.60 Å². The minimum atomic E-state index is -0.0920. The number of carbonyl (C=O) groups is 1. The predicted molar refractivity (Wildman–Crippen MR) is 92.2 cm³/mol. The van der Waals surface area contributed by atoms with Crippen molar-refractivity contribution in [3.63, 3.8) is 0 Å². The van der Waals surface area contributed by atoms with Gasteiger partial charge in [0.05, 0.1) is 31.6 Å². The minimum Gasteiger partial charge on any atom is -0.477 e. The summed E-state index contributed by atoms with van der Waals surface area (Å²) in [5.41, 5.74) is 0.776. The van der Waals surface area contributed by atoms with Crippen LogP contribution in [-0.2, 0) is 9.53 Å². The summed E-state index contributed by atoms with van der Waals surface area (Å²) in [6.07, 6.45) is 9.68. The SMILES string of the molecule is Cc1cncc(OCCC2CCOC3(C2)CN(C(=O)CC2CC2)C3)n1. The Morgan fingerprint density at radius 3 is 2.92 bits per heavy atom. The fourth-order valence-corrected chi connectivity index (χ4v) is 3.96. The van der Waals surface area contributed by atoms with Crippen LogP contribution in [0.4, 0.5) is 0 Å². The first-order valence-electron chi connectivity index (χ1n) is 9.45. The molecule has 1 aromatic heterocycles. The minimum absolute atomic E-state index is 0.0920. The molecule has 25 heavy (non-hydrogen) atoms. The van der Waals surface area contributed by atoms with Crippen molar-refractivity contribution in [3.8, 4) is 5.88 Å². The number of nitrogens with zero attached hydrogens (tertiary/aromatic N) is 3. The van der Waals surface area contributed by atoms with Crippen LogP contribution in [0.25, 0.3) is 0 Å². The van der Waals surface area contributed by atoms with E-state index in [1.807, 2.05) is 11.8 Å². The first kappa shape index (κ1) is 16.8. The van der Waals surface area contributed by atoms with Crippen LogP contribution in [0.3, 0.4) is 0 Å². The zero-order valence-electron chi connectivity index (χ0n) is 14.9. The number of amides is 1. The van der Waals surface area contributed by atoms with Gasteiger partial charge in [-0.2, -0.15) is 0 Å². The number of aromatic nitrogens is 2. The maximum atomic E-state index is 12.2. The molecule has 6 heteroatoms. The van der Waals surface area contributed by atoms with Gasteiger partial charge in [0.25, 0.3) is 0 Å². The van der Waals surface area contributed by atoms with E-state index in [0.717, 1.165) is 51.1 Å². The molecule has 0 radical (unpaired) electrons. The zero-order chi connectivity index (χ0) is 17.3. The highest BCUT2D eigenvalue weighted by Crippen LogP contribution is 2.40. The second-order valence-electron chi connectivity index (χ2n) is 7.92. The summed E-state index contributed by atoms with van der Waals surface area (Å²) in [5, 5.41) is 0. The van der Waals surface area contributed by atoms with Crippen LogP contribution in [0.5, 0.6) is 5.88 Å². The van der Waals surface area contributed by atoms with Gasteiger partial charge in [0, 0.05) is 19.2 Å². The van der Waals surface area contributed by atoms with Crippen molar-refractivity contribution >= 4 is 5.91 Å². The summed E-state index contributed by atoms with van der Waals surface area (Å²) < 4.78 is 11.8. The van der Waals surface area contributed by atoms with Crippen LogP contribution in [0.1, 0.15) is 44.2 Å². The van der Waals surface area contributed by atoms with Crippen molar-refractivity contribution in [2.75, 3.05) is 26.3 Å². The van der Waals surface area contributed by atoms with Gasteiger partial charge >= 0.3 is 0 Å². The molecule has 6 nitrogen and oxygen atoms in total. The fraction of sp³-hybridized carbons (Fsp3) is 0.737. The molecular formula is C19H27N3O3. The maximum Gasteiger partial charge on any atom is 0.232 e. The smallest absolute Gasteiger partial charge is 0.232 e. The zero-order valence-corrected chi connectivity index (χ0v) is 14.9. The number of hydrogen-bond acceptors (Lipinski definition) is 5. The Kier molecular flexibility index (Phi) is 4.63. The van der Waals surface area contributed by atoms with Crippen LogP contribution >= 0.6 is 0 Å². The van der Waals surface area contributed by atoms with Gasteiger partial charge in [-0.25, -0.2) is 4.98 Å². The highest BCUT2D eigenvalue weighted by molar-refractivity contribution is 5.78. The van der Waals surface area contributed by atoms with Crippen LogP contribution in [0.2, 0.25) is 0 Å². The van der Waals surface area contributed by atoms with Gasteiger partial charge in [-0.1, -0.05) is 0 Å². The van der Waals surface area contributed by atoms with E-state index in [0.29, 0.717) is 30.2 Å². The molecule has 1 unspecified atom stereocenters. The molecule has 0 N–H and O–H groups in total. The standard InChI is InChI=1S/C19H27N3O3/c1-14-10-20-11-17(21-14)24-6-4-16-5-7-25-19(9-16)12-22(13-19)18(23)8-15-2-3-15/h10-11,15-16H,2-9,12-13H2,1H3. The topological polar surface area (TPSA) is 64.6 Å². The van der Waals surface area contributed by atoms with E-state index in [2.05, 4.69) is 9.97 Å². The lowest BCUT2D eigenvalue weighted by molar-refractivity contribution is -0.189. The Hall–Kier alpha value is -1.69. The van der Waals surface area contributed by atoms with E-state index in [-0.39, 0.29) is 5.60 Å². The van der Waals surface area contributed by atoms with Crippen molar-refractivity contribution in [3.05, 3.63) is 18.1 Å². The maximum absolute atomic E-state index is 12.2. The monoisotopic (exact) mass is 345 g/mol. The molecule has 3 heterocycles. The van der Waals surface area contributed by atoms with E-state index < -0.39 is 0 Å². The molecule has 1 aliphatic carbocycles. The van der Waals surface area contributed by atoms with E-state index >= 15 is 0 Å². The van der Waals surface area contributed by atoms with E-state index in [4.69, 9.17) is 9.47 Å². The molecule has 2 aliphatic heterocycles. The average molecular weight is 345 g/mol. The van der Waals surface area contributed by atoms with Gasteiger partial charge in [-0.15, -0.1) is 0 Å². The highest BCUT2D eigenvalue weighted by atomic mass is 16.5. The lowest BCUT2D eigenvalue weighted by Crippen LogP contribution is -2.66. The Morgan fingerprint density at radius 1 is 1.32 bits per heavy atom. The van der Waals surface area contributed by atoms with Crippen molar-refractivity contribution in [2.45, 2.75) is 51.0 Å². The Balaban J connectivity index is 1.21. The third-order valence-electron chi connectivity index (χ3n) is 5.57. The molecule has 3 fully saturated rings. The summed E-state index contributed by atoms with van der Waals surface area (Å²) in [6.45, 7) is 4.91.